The van der Waals surface area contributed by atoms with Gasteiger partial charge in [-0.1, -0.05) is 18.2 Å². The van der Waals surface area contributed by atoms with Crippen molar-refractivity contribution in [3.8, 4) is 6.07 Å². The van der Waals surface area contributed by atoms with Crippen LogP contribution in [0, 0.1) is 11.3 Å². The predicted octanol–water partition coefficient (Wildman–Crippen LogP) is 2.54. The lowest BCUT2D eigenvalue weighted by molar-refractivity contribution is -0.119. The van der Waals surface area contributed by atoms with Crippen molar-refractivity contribution in [2.75, 3.05) is 31.6 Å². The number of ether oxygens (including phenoxy) is 1. The van der Waals surface area contributed by atoms with Crippen LogP contribution in [-0.2, 0) is 15.3 Å². The summed E-state index contributed by atoms with van der Waals surface area (Å²) in [6.45, 7) is 1.68. The van der Waals surface area contributed by atoms with Gasteiger partial charge >= 0.3 is 0 Å². The number of pyridine rings is 1. The third-order valence-corrected chi connectivity index (χ3v) is 4.99. The molecule has 0 saturated carbocycles. The average Bonchev–Trinajstić information content (AvgIpc) is 2.68. The van der Waals surface area contributed by atoms with Gasteiger partial charge in [0.25, 0.3) is 0 Å². The molecular weight excluding hydrogens is 348 g/mol. The van der Waals surface area contributed by atoms with Crippen molar-refractivity contribution in [3.05, 3.63) is 54.2 Å². The van der Waals surface area contributed by atoms with Crippen LogP contribution in [0.5, 0.6) is 0 Å². The largest absolute Gasteiger partial charge is 0.377 e. The fraction of sp³-hybridized carbons (Fsp3) is 0.316. The van der Waals surface area contributed by atoms with Crippen LogP contribution >= 0.6 is 11.8 Å². The molecule has 1 amide bonds. The fourth-order valence-electron chi connectivity index (χ4n) is 2.66. The Balaban J connectivity index is 1.54. The van der Waals surface area contributed by atoms with Crippen molar-refractivity contribution in [1.82, 2.24) is 9.88 Å². The third-order valence-electron chi connectivity index (χ3n) is 3.97. The first-order chi connectivity index (χ1) is 12.7. The number of hydrogen-bond acceptors (Lipinski definition) is 6. The minimum absolute atomic E-state index is 0.123. The predicted molar refractivity (Wildman–Crippen MR) is 101 cm³/mol. The van der Waals surface area contributed by atoms with Gasteiger partial charge < -0.3 is 10.1 Å². The van der Waals surface area contributed by atoms with Crippen LogP contribution in [0.15, 0.2) is 53.7 Å². The Morgan fingerprint density at radius 1 is 1.38 bits per heavy atom. The van der Waals surface area contributed by atoms with E-state index in [2.05, 4.69) is 16.4 Å². The number of nitrogens with zero attached hydrogens (tertiary/aromatic N) is 3. The van der Waals surface area contributed by atoms with Crippen molar-refractivity contribution in [2.24, 2.45) is 0 Å². The Kier molecular flexibility index (Phi) is 6.61. The Bertz CT molecular complexity index is 779. The highest BCUT2D eigenvalue weighted by molar-refractivity contribution is 7.98. The van der Waals surface area contributed by atoms with E-state index in [1.807, 2.05) is 47.4 Å². The van der Waals surface area contributed by atoms with Gasteiger partial charge in [-0.2, -0.15) is 5.26 Å². The molecule has 1 atom stereocenters. The van der Waals surface area contributed by atoms with Gasteiger partial charge in [0.2, 0.25) is 5.91 Å². The number of rotatable bonds is 6. The molecule has 1 N–H and O–H groups in total. The summed E-state index contributed by atoms with van der Waals surface area (Å²) in [5.41, 5.74) is 1.87. The number of aromatic nitrogens is 1. The first-order valence-corrected chi connectivity index (χ1v) is 9.37. The quantitative estimate of drug-likeness (QED) is 0.790. The highest BCUT2D eigenvalue weighted by atomic mass is 32.2. The highest BCUT2D eigenvalue weighted by Crippen LogP contribution is 2.22. The van der Waals surface area contributed by atoms with Gasteiger partial charge in [0.05, 0.1) is 30.9 Å². The summed E-state index contributed by atoms with van der Waals surface area (Å²) in [6, 6.07) is 15.4. The van der Waals surface area contributed by atoms with E-state index < -0.39 is 0 Å². The molecule has 6 nitrogen and oxygen atoms in total. The highest BCUT2D eigenvalue weighted by Gasteiger charge is 2.24. The molecule has 0 aliphatic carbocycles. The molecular formula is C19H20N4O2S. The number of morpholine rings is 1. The first-order valence-electron chi connectivity index (χ1n) is 8.38. The molecule has 1 aromatic heterocycles. The fourth-order valence-corrected chi connectivity index (χ4v) is 3.46. The van der Waals surface area contributed by atoms with E-state index in [0.29, 0.717) is 19.8 Å². The van der Waals surface area contributed by atoms with Crippen molar-refractivity contribution < 1.29 is 9.53 Å². The van der Waals surface area contributed by atoms with Crippen LogP contribution < -0.4 is 5.32 Å². The number of nitrogens with one attached hydrogen (secondary N) is 1. The molecule has 26 heavy (non-hydrogen) atoms. The van der Waals surface area contributed by atoms with Crippen LogP contribution in [0.25, 0.3) is 0 Å². The van der Waals surface area contributed by atoms with Crippen LogP contribution in [0.3, 0.4) is 0 Å². The monoisotopic (exact) mass is 368 g/mol. The van der Waals surface area contributed by atoms with E-state index in [4.69, 9.17) is 10.00 Å². The number of benzene rings is 1. The van der Waals surface area contributed by atoms with Gasteiger partial charge in [-0.15, -0.1) is 11.8 Å². The van der Waals surface area contributed by atoms with E-state index >= 15 is 0 Å². The summed E-state index contributed by atoms with van der Waals surface area (Å²) in [7, 11) is 0. The molecule has 1 fully saturated rings. The van der Waals surface area contributed by atoms with Gasteiger partial charge in [0, 0.05) is 24.2 Å². The molecule has 0 spiro atoms. The zero-order chi connectivity index (χ0) is 18.2. The Morgan fingerprint density at radius 2 is 2.31 bits per heavy atom. The number of amides is 1. The van der Waals surface area contributed by atoms with Gasteiger partial charge in [0.15, 0.2) is 0 Å². The minimum Gasteiger partial charge on any atom is -0.377 e. The van der Waals surface area contributed by atoms with Gasteiger partial charge in [0.1, 0.15) is 6.04 Å². The van der Waals surface area contributed by atoms with Gasteiger partial charge in [-0.05, 0) is 29.8 Å². The van der Waals surface area contributed by atoms with Gasteiger partial charge in [-0.25, -0.2) is 4.98 Å². The lowest BCUT2D eigenvalue weighted by atomic mass is 10.2. The van der Waals surface area contributed by atoms with E-state index in [0.717, 1.165) is 22.0 Å². The molecule has 2 heterocycles. The van der Waals surface area contributed by atoms with Crippen LogP contribution in [0.4, 0.5) is 5.69 Å². The number of thioether (sulfide) groups is 1. The normalized spacial score (nSPS) is 17.4. The molecule has 1 aliphatic rings. The van der Waals surface area contributed by atoms with Crippen molar-refractivity contribution in [2.45, 2.75) is 16.8 Å². The molecule has 1 aromatic carbocycles. The molecule has 1 aliphatic heterocycles. The first kappa shape index (κ1) is 18.4. The summed E-state index contributed by atoms with van der Waals surface area (Å²) in [4.78, 5) is 18.5. The van der Waals surface area contributed by atoms with E-state index in [9.17, 15) is 4.79 Å². The van der Waals surface area contributed by atoms with Gasteiger partial charge in [-0.3, -0.25) is 9.69 Å². The maximum atomic E-state index is 12.3. The average molecular weight is 368 g/mol. The van der Waals surface area contributed by atoms with Crippen molar-refractivity contribution >= 4 is 23.4 Å². The molecule has 0 unspecified atom stereocenters. The molecule has 0 bridgehead atoms. The number of hydrogen-bond donors (Lipinski definition) is 1. The Morgan fingerprint density at radius 3 is 3.12 bits per heavy atom. The second-order valence-corrected chi connectivity index (χ2v) is 6.89. The SMILES string of the molecule is N#C[C@@H]1COCCN1CC(=O)Nc1cccc(CSc2ccccn2)c1. The topological polar surface area (TPSA) is 78.2 Å². The summed E-state index contributed by atoms with van der Waals surface area (Å²) in [5.74, 6) is 0.655. The smallest absolute Gasteiger partial charge is 0.238 e. The zero-order valence-electron chi connectivity index (χ0n) is 14.3. The molecule has 134 valence electrons. The van der Waals surface area contributed by atoms with E-state index in [1.165, 1.54) is 0 Å². The van der Waals surface area contributed by atoms with E-state index in [1.54, 1.807) is 18.0 Å². The standard InChI is InChI=1S/C19H20N4O2S/c20-11-17-13-25-9-8-23(17)12-18(24)22-16-5-3-4-15(10-16)14-26-19-6-1-2-7-21-19/h1-7,10,17H,8-9,12-14H2,(H,22,24)/t17-/m1/s1. The van der Waals surface area contributed by atoms with Crippen LogP contribution in [0.1, 0.15) is 5.56 Å². The summed E-state index contributed by atoms with van der Waals surface area (Å²) in [6.07, 6.45) is 1.78. The Labute approximate surface area is 157 Å². The third kappa shape index (κ3) is 5.30. The van der Waals surface area contributed by atoms with E-state index in [-0.39, 0.29) is 18.5 Å². The molecule has 2 aromatic rings. The number of nitriles is 1. The molecule has 3 rings (SSSR count). The van der Waals surface area contributed by atoms with Crippen LogP contribution in [-0.4, -0.2) is 48.1 Å². The lowest BCUT2D eigenvalue weighted by Crippen LogP contribution is -2.47. The number of carbonyl (C=O) groups excluding carboxylic acids is 1. The maximum absolute atomic E-state index is 12.3. The second-order valence-electron chi connectivity index (χ2n) is 5.90. The molecule has 1 saturated heterocycles. The lowest BCUT2D eigenvalue weighted by Gasteiger charge is -2.30. The number of carbonyl (C=O) groups is 1. The number of anilines is 1. The minimum atomic E-state index is -0.365. The van der Waals surface area contributed by atoms with Crippen molar-refractivity contribution in [1.29, 1.82) is 5.26 Å². The second kappa shape index (κ2) is 9.34. The molecule has 7 heteroatoms. The summed E-state index contributed by atoms with van der Waals surface area (Å²) in [5, 5.41) is 13.0. The van der Waals surface area contributed by atoms with Crippen molar-refractivity contribution in [3.63, 3.8) is 0 Å². The van der Waals surface area contributed by atoms with Crippen LogP contribution in [0.2, 0.25) is 0 Å². The summed E-state index contributed by atoms with van der Waals surface area (Å²) < 4.78 is 5.28. The summed E-state index contributed by atoms with van der Waals surface area (Å²) >= 11 is 1.65. The zero-order valence-corrected chi connectivity index (χ0v) is 15.1. The Hall–Kier alpha value is -2.40. The molecule has 0 radical (unpaired) electrons. The maximum Gasteiger partial charge on any atom is 0.238 e.